The number of anilines is 2. The fourth-order valence-corrected chi connectivity index (χ4v) is 1.79. The number of ether oxygens (including phenoxy) is 1. The van der Waals surface area contributed by atoms with Crippen LogP contribution in [0.5, 0.6) is 5.75 Å². The van der Waals surface area contributed by atoms with E-state index in [4.69, 9.17) is 4.74 Å². The van der Waals surface area contributed by atoms with Crippen LogP contribution in [0.15, 0.2) is 48.5 Å². The smallest absolute Gasteiger partial charge is 0.259 e. The van der Waals surface area contributed by atoms with E-state index >= 15 is 0 Å². The lowest BCUT2D eigenvalue weighted by atomic mass is 10.2. The fourth-order valence-electron chi connectivity index (χ4n) is 1.79. The lowest BCUT2D eigenvalue weighted by Crippen LogP contribution is -2.13. The van der Waals surface area contributed by atoms with Gasteiger partial charge >= 0.3 is 0 Å². The second-order valence-corrected chi connectivity index (χ2v) is 4.00. The standard InChI is InChI=1S/C15H14N2O3/c1-20-14-8-3-2-7-13(14)15(19)17-12-6-4-5-11(9-12)16-10-18/h2-10H,1H3,(H,16,18)(H,17,19). The van der Waals surface area contributed by atoms with Crippen LogP contribution in [-0.2, 0) is 4.79 Å². The van der Waals surface area contributed by atoms with E-state index in [9.17, 15) is 9.59 Å². The average Bonchev–Trinajstić information content (AvgIpc) is 2.48. The minimum Gasteiger partial charge on any atom is -0.496 e. The lowest BCUT2D eigenvalue weighted by Gasteiger charge is -2.09. The molecule has 0 atom stereocenters. The molecule has 0 heterocycles. The molecule has 2 N–H and O–H groups in total. The van der Waals surface area contributed by atoms with Crippen molar-refractivity contribution in [3.63, 3.8) is 0 Å². The number of amides is 2. The van der Waals surface area contributed by atoms with Gasteiger partial charge in [-0.2, -0.15) is 0 Å². The SMILES string of the molecule is COc1ccccc1C(=O)Nc1cccc(NC=O)c1. The van der Waals surface area contributed by atoms with Crippen LogP contribution >= 0.6 is 0 Å². The molecule has 20 heavy (non-hydrogen) atoms. The van der Waals surface area contributed by atoms with Crippen LogP contribution in [0.2, 0.25) is 0 Å². The van der Waals surface area contributed by atoms with Crippen LogP contribution in [0.3, 0.4) is 0 Å². The summed E-state index contributed by atoms with van der Waals surface area (Å²) in [4.78, 5) is 22.6. The van der Waals surface area contributed by atoms with Gasteiger partial charge in [0.25, 0.3) is 5.91 Å². The Hall–Kier alpha value is -2.82. The van der Waals surface area contributed by atoms with Crippen molar-refractivity contribution in [1.82, 2.24) is 0 Å². The quantitative estimate of drug-likeness (QED) is 0.820. The number of para-hydroxylation sites is 1. The maximum absolute atomic E-state index is 12.2. The first-order chi connectivity index (χ1) is 9.74. The van der Waals surface area contributed by atoms with E-state index in [-0.39, 0.29) is 5.91 Å². The van der Waals surface area contributed by atoms with Crippen LogP contribution in [0.25, 0.3) is 0 Å². The Labute approximate surface area is 116 Å². The zero-order chi connectivity index (χ0) is 14.4. The third kappa shape index (κ3) is 3.14. The Bertz CT molecular complexity index is 626. The second-order valence-electron chi connectivity index (χ2n) is 4.00. The summed E-state index contributed by atoms with van der Waals surface area (Å²) in [7, 11) is 1.51. The van der Waals surface area contributed by atoms with Gasteiger partial charge in [0.2, 0.25) is 6.41 Å². The maximum Gasteiger partial charge on any atom is 0.259 e. The Morgan fingerprint density at radius 3 is 2.60 bits per heavy atom. The molecule has 0 spiro atoms. The molecule has 0 aliphatic heterocycles. The molecule has 0 bridgehead atoms. The van der Waals surface area contributed by atoms with E-state index in [1.165, 1.54) is 7.11 Å². The summed E-state index contributed by atoms with van der Waals surface area (Å²) in [5.41, 5.74) is 1.65. The Balaban J connectivity index is 2.19. The zero-order valence-electron chi connectivity index (χ0n) is 10.9. The predicted octanol–water partition coefficient (Wildman–Crippen LogP) is 2.52. The van der Waals surface area contributed by atoms with Gasteiger partial charge in [-0.25, -0.2) is 0 Å². The van der Waals surface area contributed by atoms with Crippen molar-refractivity contribution in [3.05, 3.63) is 54.1 Å². The van der Waals surface area contributed by atoms with Crippen molar-refractivity contribution >= 4 is 23.7 Å². The first-order valence-corrected chi connectivity index (χ1v) is 5.99. The van der Waals surface area contributed by atoms with Gasteiger partial charge < -0.3 is 15.4 Å². The van der Waals surface area contributed by atoms with E-state index in [2.05, 4.69) is 10.6 Å². The molecule has 0 aliphatic carbocycles. The summed E-state index contributed by atoms with van der Waals surface area (Å²) in [6.45, 7) is 0. The Morgan fingerprint density at radius 1 is 1.10 bits per heavy atom. The summed E-state index contributed by atoms with van der Waals surface area (Å²) < 4.78 is 5.15. The lowest BCUT2D eigenvalue weighted by molar-refractivity contribution is -0.105. The Kier molecular flexibility index (Phi) is 4.34. The normalized spacial score (nSPS) is 9.65. The number of rotatable bonds is 5. The van der Waals surface area contributed by atoms with Crippen molar-refractivity contribution in [2.45, 2.75) is 0 Å². The first-order valence-electron chi connectivity index (χ1n) is 5.99. The molecule has 0 fully saturated rings. The molecular formula is C15H14N2O3. The minimum atomic E-state index is -0.272. The number of hydrogen-bond donors (Lipinski definition) is 2. The van der Waals surface area contributed by atoms with E-state index in [1.54, 1.807) is 48.5 Å². The largest absolute Gasteiger partial charge is 0.496 e. The third-order valence-corrected chi connectivity index (χ3v) is 2.70. The molecule has 0 saturated carbocycles. The van der Waals surface area contributed by atoms with Crippen molar-refractivity contribution in [1.29, 1.82) is 0 Å². The van der Waals surface area contributed by atoms with Gasteiger partial charge in [-0.1, -0.05) is 18.2 Å². The van der Waals surface area contributed by atoms with Crippen LogP contribution in [0.1, 0.15) is 10.4 Å². The molecule has 2 aromatic carbocycles. The molecule has 0 aromatic heterocycles. The highest BCUT2D eigenvalue weighted by Crippen LogP contribution is 2.20. The van der Waals surface area contributed by atoms with Gasteiger partial charge in [-0.3, -0.25) is 9.59 Å². The van der Waals surface area contributed by atoms with Crippen molar-refractivity contribution in [2.75, 3.05) is 17.7 Å². The second kappa shape index (κ2) is 6.38. The highest BCUT2D eigenvalue weighted by molar-refractivity contribution is 6.06. The van der Waals surface area contributed by atoms with E-state index in [0.717, 1.165) is 0 Å². The summed E-state index contributed by atoms with van der Waals surface area (Å²) in [5.74, 6) is 0.234. The Morgan fingerprint density at radius 2 is 1.85 bits per heavy atom. The summed E-state index contributed by atoms with van der Waals surface area (Å²) in [6.07, 6.45) is 0.584. The van der Waals surface area contributed by atoms with Crippen molar-refractivity contribution in [2.24, 2.45) is 0 Å². The number of carbonyl (C=O) groups excluding carboxylic acids is 2. The molecule has 0 aliphatic rings. The average molecular weight is 270 g/mol. The van der Waals surface area contributed by atoms with Crippen LogP contribution in [0.4, 0.5) is 11.4 Å². The number of carbonyl (C=O) groups is 2. The molecule has 5 heteroatoms. The predicted molar refractivity (Wildman–Crippen MR) is 77.1 cm³/mol. The number of hydrogen-bond acceptors (Lipinski definition) is 3. The number of nitrogens with one attached hydrogen (secondary N) is 2. The molecule has 5 nitrogen and oxygen atoms in total. The molecule has 2 aromatic rings. The van der Waals surface area contributed by atoms with E-state index in [0.29, 0.717) is 29.1 Å². The minimum absolute atomic E-state index is 0.272. The molecule has 0 saturated heterocycles. The molecule has 0 unspecified atom stereocenters. The summed E-state index contributed by atoms with van der Waals surface area (Å²) >= 11 is 0. The van der Waals surface area contributed by atoms with E-state index < -0.39 is 0 Å². The van der Waals surface area contributed by atoms with Gasteiger partial charge in [0, 0.05) is 11.4 Å². The highest BCUT2D eigenvalue weighted by Gasteiger charge is 2.11. The van der Waals surface area contributed by atoms with Gasteiger partial charge in [0.15, 0.2) is 0 Å². The van der Waals surface area contributed by atoms with Crippen LogP contribution in [-0.4, -0.2) is 19.4 Å². The topological polar surface area (TPSA) is 67.4 Å². The highest BCUT2D eigenvalue weighted by atomic mass is 16.5. The summed E-state index contributed by atoms with van der Waals surface area (Å²) in [6, 6.07) is 13.8. The molecule has 2 amide bonds. The zero-order valence-corrected chi connectivity index (χ0v) is 10.9. The molecule has 2 rings (SSSR count). The van der Waals surface area contributed by atoms with Gasteiger partial charge in [0.1, 0.15) is 5.75 Å². The molecular weight excluding hydrogens is 256 g/mol. The van der Waals surface area contributed by atoms with Gasteiger partial charge in [-0.05, 0) is 30.3 Å². The molecule has 102 valence electrons. The van der Waals surface area contributed by atoms with Gasteiger partial charge in [-0.15, -0.1) is 0 Å². The van der Waals surface area contributed by atoms with Crippen molar-refractivity contribution < 1.29 is 14.3 Å². The fraction of sp³-hybridized carbons (Fsp3) is 0.0667. The van der Waals surface area contributed by atoms with Gasteiger partial charge in [0.05, 0.1) is 12.7 Å². The summed E-state index contributed by atoms with van der Waals surface area (Å²) in [5, 5.41) is 5.28. The first kappa shape index (κ1) is 13.6. The third-order valence-electron chi connectivity index (χ3n) is 2.70. The van der Waals surface area contributed by atoms with Crippen LogP contribution < -0.4 is 15.4 Å². The van der Waals surface area contributed by atoms with E-state index in [1.807, 2.05) is 0 Å². The maximum atomic E-state index is 12.2. The van der Waals surface area contributed by atoms with Crippen molar-refractivity contribution in [3.8, 4) is 5.75 Å². The number of methoxy groups -OCH3 is 1. The van der Waals surface area contributed by atoms with Crippen LogP contribution in [0, 0.1) is 0 Å². The monoisotopic (exact) mass is 270 g/mol. The number of benzene rings is 2. The molecule has 0 radical (unpaired) electrons.